The van der Waals surface area contributed by atoms with E-state index in [0.717, 1.165) is 18.1 Å². The van der Waals surface area contributed by atoms with Crippen molar-refractivity contribution in [1.29, 1.82) is 0 Å². The van der Waals surface area contributed by atoms with Crippen molar-refractivity contribution in [1.82, 2.24) is 15.2 Å². The van der Waals surface area contributed by atoms with Crippen molar-refractivity contribution in [2.24, 2.45) is 11.7 Å². The first-order valence-corrected chi connectivity index (χ1v) is 5.90. The lowest BCUT2D eigenvalue weighted by molar-refractivity contribution is 0.440. The van der Waals surface area contributed by atoms with Gasteiger partial charge in [0.05, 0.1) is 6.54 Å². The molecule has 0 saturated heterocycles. The highest BCUT2D eigenvalue weighted by atomic mass is 15.2. The monoisotopic (exact) mass is 210 g/mol. The highest BCUT2D eigenvalue weighted by Crippen LogP contribution is 2.16. The van der Waals surface area contributed by atoms with Crippen LogP contribution >= 0.6 is 0 Å². The van der Waals surface area contributed by atoms with Crippen molar-refractivity contribution in [3.8, 4) is 0 Å². The Hall–Kier alpha value is -0.900. The van der Waals surface area contributed by atoms with Gasteiger partial charge in [0.15, 0.2) is 5.82 Å². The summed E-state index contributed by atoms with van der Waals surface area (Å²) >= 11 is 0. The summed E-state index contributed by atoms with van der Waals surface area (Å²) in [5, 5.41) is 7.02. The molecule has 0 radical (unpaired) electrons. The summed E-state index contributed by atoms with van der Waals surface area (Å²) in [5.74, 6) is 2.42. The summed E-state index contributed by atoms with van der Waals surface area (Å²) in [5.41, 5.74) is 5.47. The molecule has 0 aliphatic rings. The summed E-state index contributed by atoms with van der Waals surface area (Å²) in [6, 6.07) is 0. The van der Waals surface area contributed by atoms with Gasteiger partial charge in [-0.3, -0.25) is 5.10 Å². The maximum atomic E-state index is 5.47. The summed E-state index contributed by atoms with van der Waals surface area (Å²) in [6.07, 6.45) is 6.02. The number of H-pyrrole nitrogens is 1. The van der Waals surface area contributed by atoms with Gasteiger partial charge in [0, 0.05) is 6.42 Å². The molecular formula is C11H22N4. The summed E-state index contributed by atoms with van der Waals surface area (Å²) in [4.78, 5) is 4.33. The van der Waals surface area contributed by atoms with Gasteiger partial charge < -0.3 is 5.73 Å². The first-order valence-electron chi connectivity index (χ1n) is 5.90. The second-order valence-electron chi connectivity index (χ2n) is 4.02. The van der Waals surface area contributed by atoms with Crippen LogP contribution in [0.4, 0.5) is 0 Å². The lowest BCUT2D eigenvalue weighted by atomic mass is 9.96. The van der Waals surface area contributed by atoms with E-state index in [0.29, 0.717) is 12.5 Å². The molecule has 4 nitrogen and oxygen atoms in total. The second-order valence-corrected chi connectivity index (χ2v) is 4.02. The number of nitrogens with zero attached hydrogens (tertiary/aromatic N) is 2. The number of nitrogens with two attached hydrogens (primary N) is 1. The number of aromatic amines is 1. The maximum Gasteiger partial charge on any atom is 0.151 e. The Morgan fingerprint density at radius 1 is 1.40 bits per heavy atom. The number of unbranched alkanes of at least 4 members (excludes halogenated alkanes) is 1. The van der Waals surface area contributed by atoms with E-state index >= 15 is 0 Å². The minimum atomic E-state index is 0.443. The van der Waals surface area contributed by atoms with Crippen molar-refractivity contribution in [3.63, 3.8) is 0 Å². The average molecular weight is 210 g/mol. The van der Waals surface area contributed by atoms with Gasteiger partial charge in [-0.25, -0.2) is 4.98 Å². The lowest BCUT2D eigenvalue weighted by Crippen LogP contribution is -2.05. The molecule has 0 aliphatic heterocycles. The predicted molar refractivity (Wildman–Crippen MR) is 61.3 cm³/mol. The second kappa shape index (κ2) is 6.56. The number of nitrogens with one attached hydrogen (secondary N) is 1. The van der Waals surface area contributed by atoms with E-state index in [1.54, 1.807) is 0 Å². The van der Waals surface area contributed by atoms with Gasteiger partial charge in [-0.2, -0.15) is 5.10 Å². The predicted octanol–water partition coefficient (Wildman–Crippen LogP) is 2.02. The normalized spacial score (nSPS) is 13.0. The minimum Gasteiger partial charge on any atom is -0.324 e. The molecule has 1 unspecified atom stereocenters. The Morgan fingerprint density at radius 3 is 2.73 bits per heavy atom. The van der Waals surface area contributed by atoms with E-state index in [2.05, 4.69) is 29.0 Å². The molecule has 1 aromatic rings. The van der Waals surface area contributed by atoms with Crippen molar-refractivity contribution >= 4 is 0 Å². The number of hydrogen-bond acceptors (Lipinski definition) is 3. The van der Waals surface area contributed by atoms with Crippen LogP contribution in [0.3, 0.4) is 0 Å². The molecule has 1 heterocycles. The van der Waals surface area contributed by atoms with Crippen LogP contribution in [-0.2, 0) is 13.0 Å². The van der Waals surface area contributed by atoms with E-state index in [9.17, 15) is 0 Å². The van der Waals surface area contributed by atoms with Crippen LogP contribution in [0.1, 0.15) is 51.2 Å². The van der Waals surface area contributed by atoms with E-state index < -0.39 is 0 Å². The highest BCUT2D eigenvalue weighted by molar-refractivity contribution is 4.91. The maximum absolute atomic E-state index is 5.47. The zero-order chi connectivity index (χ0) is 11.1. The third kappa shape index (κ3) is 4.00. The summed E-state index contributed by atoms with van der Waals surface area (Å²) < 4.78 is 0. The van der Waals surface area contributed by atoms with Gasteiger partial charge in [-0.15, -0.1) is 0 Å². The van der Waals surface area contributed by atoms with Crippen LogP contribution < -0.4 is 5.73 Å². The molecule has 0 aliphatic carbocycles. The fourth-order valence-electron chi connectivity index (χ4n) is 1.72. The molecule has 1 atom stereocenters. The largest absolute Gasteiger partial charge is 0.324 e. The molecule has 4 heteroatoms. The molecule has 15 heavy (non-hydrogen) atoms. The van der Waals surface area contributed by atoms with E-state index in [-0.39, 0.29) is 0 Å². The molecule has 0 fully saturated rings. The fraction of sp³-hybridized carbons (Fsp3) is 0.818. The van der Waals surface area contributed by atoms with Crippen molar-refractivity contribution in [3.05, 3.63) is 11.6 Å². The Labute approximate surface area is 91.7 Å². The zero-order valence-electron chi connectivity index (χ0n) is 9.79. The third-order valence-corrected chi connectivity index (χ3v) is 2.79. The fourth-order valence-corrected chi connectivity index (χ4v) is 1.72. The molecule has 1 aromatic heterocycles. The highest BCUT2D eigenvalue weighted by Gasteiger charge is 2.10. The van der Waals surface area contributed by atoms with E-state index in [4.69, 9.17) is 5.73 Å². The Balaban J connectivity index is 2.43. The lowest BCUT2D eigenvalue weighted by Gasteiger charge is -2.11. The van der Waals surface area contributed by atoms with Crippen LogP contribution in [-0.4, -0.2) is 15.2 Å². The van der Waals surface area contributed by atoms with Crippen LogP contribution in [0.5, 0.6) is 0 Å². The number of hydrogen-bond donors (Lipinski definition) is 2. The first-order chi connectivity index (χ1) is 7.30. The van der Waals surface area contributed by atoms with Gasteiger partial charge in [0.2, 0.25) is 0 Å². The van der Waals surface area contributed by atoms with Crippen LogP contribution in [0.15, 0.2) is 0 Å². The standard InChI is InChI=1S/C11H22N4/c1-3-5-6-9(4-2)7-10-13-11(8-12)15-14-10/h9H,3-8,12H2,1-2H3,(H,13,14,15). The van der Waals surface area contributed by atoms with Gasteiger partial charge in [-0.1, -0.05) is 39.5 Å². The topological polar surface area (TPSA) is 67.6 Å². The SMILES string of the molecule is CCCCC(CC)Cc1n[nH]c(CN)n1. The van der Waals surface area contributed by atoms with Gasteiger partial charge in [-0.05, 0) is 5.92 Å². The quantitative estimate of drug-likeness (QED) is 0.723. The number of rotatable bonds is 7. The Morgan fingerprint density at radius 2 is 2.20 bits per heavy atom. The van der Waals surface area contributed by atoms with Crippen molar-refractivity contribution in [2.75, 3.05) is 0 Å². The molecule has 0 spiro atoms. The zero-order valence-corrected chi connectivity index (χ0v) is 9.79. The van der Waals surface area contributed by atoms with Crippen LogP contribution in [0.25, 0.3) is 0 Å². The molecule has 0 bridgehead atoms. The Bertz CT molecular complexity index is 269. The summed E-state index contributed by atoms with van der Waals surface area (Å²) in [7, 11) is 0. The van der Waals surface area contributed by atoms with Crippen LogP contribution in [0, 0.1) is 5.92 Å². The average Bonchev–Trinajstić information content (AvgIpc) is 2.71. The Kier molecular flexibility index (Phi) is 5.32. The molecule has 0 saturated carbocycles. The smallest absolute Gasteiger partial charge is 0.151 e. The van der Waals surface area contributed by atoms with Crippen molar-refractivity contribution in [2.45, 2.75) is 52.5 Å². The van der Waals surface area contributed by atoms with E-state index in [1.807, 2.05) is 0 Å². The molecule has 3 N–H and O–H groups in total. The summed E-state index contributed by atoms with van der Waals surface area (Å²) in [6.45, 7) is 4.90. The van der Waals surface area contributed by atoms with Gasteiger partial charge in [0.25, 0.3) is 0 Å². The molecule has 86 valence electrons. The molecule has 1 rings (SSSR count). The van der Waals surface area contributed by atoms with E-state index in [1.165, 1.54) is 25.7 Å². The van der Waals surface area contributed by atoms with Gasteiger partial charge >= 0.3 is 0 Å². The molecule has 0 amide bonds. The number of aromatic nitrogens is 3. The molecular weight excluding hydrogens is 188 g/mol. The molecule has 0 aromatic carbocycles. The first kappa shape index (κ1) is 12.2. The third-order valence-electron chi connectivity index (χ3n) is 2.79. The van der Waals surface area contributed by atoms with Crippen LogP contribution in [0.2, 0.25) is 0 Å². The minimum absolute atomic E-state index is 0.443. The van der Waals surface area contributed by atoms with Crippen molar-refractivity contribution < 1.29 is 0 Å². The van der Waals surface area contributed by atoms with Gasteiger partial charge in [0.1, 0.15) is 5.82 Å².